The van der Waals surface area contributed by atoms with Gasteiger partial charge in [0.1, 0.15) is 5.75 Å². The SMILES string of the molecule is COc1cccc(CC(=O)NCCCCN2CCN(c3ccccc3)CC2)c1. The molecule has 1 amide bonds. The minimum Gasteiger partial charge on any atom is -0.497 e. The first-order chi connectivity index (χ1) is 13.7. The third-order valence-electron chi connectivity index (χ3n) is 5.22. The first-order valence-corrected chi connectivity index (χ1v) is 10.2. The van der Waals surface area contributed by atoms with Crippen LogP contribution in [0.2, 0.25) is 0 Å². The number of benzene rings is 2. The maximum Gasteiger partial charge on any atom is 0.224 e. The number of ether oxygens (including phenoxy) is 1. The second kappa shape index (κ2) is 10.7. The number of nitrogens with zero attached hydrogens (tertiary/aromatic N) is 2. The van der Waals surface area contributed by atoms with Crippen molar-refractivity contribution < 1.29 is 9.53 Å². The summed E-state index contributed by atoms with van der Waals surface area (Å²) in [5.41, 5.74) is 2.30. The topological polar surface area (TPSA) is 44.8 Å². The number of hydrogen-bond donors (Lipinski definition) is 1. The third kappa shape index (κ3) is 6.27. The Hall–Kier alpha value is -2.53. The summed E-state index contributed by atoms with van der Waals surface area (Å²) in [6, 6.07) is 18.3. The van der Waals surface area contributed by atoms with E-state index in [0.717, 1.165) is 63.4 Å². The molecule has 2 aromatic rings. The minimum absolute atomic E-state index is 0.0738. The standard InChI is InChI=1S/C23H31N3O2/c1-28-22-11-7-8-20(18-22)19-23(27)24-12-5-6-13-25-14-16-26(17-15-25)21-9-3-2-4-10-21/h2-4,7-11,18H,5-6,12-17,19H2,1H3,(H,24,27). The van der Waals surface area contributed by atoms with Gasteiger partial charge in [0.15, 0.2) is 0 Å². The van der Waals surface area contributed by atoms with Gasteiger partial charge in [-0.05, 0) is 49.2 Å². The molecule has 0 atom stereocenters. The van der Waals surface area contributed by atoms with Gasteiger partial charge in [0.05, 0.1) is 13.5 Å². The number of amides is 1. The van der Waals surface area contributed by atoms with E-state index in [1.165, 1.54) is 5.69 Å². The molecule has 1 aliphatic heterocycles. The van der Waals surface area contributed by atoms with Crippen molar-refractivity contribution in [3.8, 4) is 5.75 Å². The number of nitrogens with one attached hydrogen (secondary N) is 1. The monoisotopic (exact) mass is 381 g/mol. The summed E-state index contributed by atoms with van der Waals surface area (Å²) < 4.78 is 5.20. The molecule has 0 radical (unpaired) electrons. The van der Waals surface area contributed by atoms with E-state index in [4.69, 9.17) is 4.74 Å². The summed E-state index contributed by atoms with van der Waals surface area (Å²) in [4.78, 5) is 17.1. The van der Waals surface area contributed by atoms with Crippen molar-refractivity contribution in [3.05, 3.63) is 60.2 Å². The van der Waals surface area contributed by atoms with Gasteiger partial charge in [-0.15, -0.1) is 0 Å². The van der Waals surface area contributed by atoms with E-state index < -0.39 is 0 Å². The van der Waals surface area contributed by atoms with Crippen molar-refractivity contribution in [2.24, 2.45) is 0 Å². The first-order valence-electron chi connectivity index (χ1n) is 10.2. The molecule has 2 aromatic carbocycles. The molecule has 150 valence electrons. The van der Waals surface area contributed by atoms with Crippen molar-refractivity contribution in [2.75, 3.05) is 51.3 Å². The zero-order valence-electron chi connectivity index (χ0n) is 16.8. The molecule has 0 spiro atoms. The van der Waals surface area contributed by atoms with Crippen LogP contribution in [0.25, 0.3) is 0 Å². The highest BCUT2D eigenvalue weighted by atomic mass is 16.5. The fourth-order valence-electron chi connectivity index (χ4n) is 3.59. The number of carbonyl (C=O) groups is 1. The molecule has 0 aromatic heterocycles. The molecule has 5 heteroatoms. The summed E-state index contributed by atoms with van der Waals surface area (Å²) in [6.07, 6.45) is 2.53. The van der Waals surface area contributed by atoms with E-state index in [1.54, 1.807) is 7.11 Å². The number of rotatable bonds is 9. The highest BCUT2D eigenvalue weighted by molar-refractivity contribution is 5.78. The summed E-state index contributed by atoms with van der Waals surface area (Å²) in [5, 5.41) is 3.03. The lowest BCUT2D eigenvalue weighted by atomic mass is 10.1. The Balaban J connectivity index is 1.26. The molecule has 1 heterocycles. The molecule has 1 fully saturated rings. The van der Waals surface area contributed by atoms with Crippen LogP contribution in [0.1, 0.15) is 18.4 Å². The number of anilines is 1. The lowest BCUT2D eigenvalue weighted by molar-refractivity contribution is -0.120. The molecule has 3 rings (SSSR count). The van der Waals surface area contributed by atoms with Crippen LogP contribution >= 0.6 is 0 Å². The lowest BCUT2D eigenvalue weighted by Crippen LogP contribution is -2.46. The largest absolute Gasteiger partial charge is 0.497 e. The Bertz CT molecular complexity index is 728. The smallest absolute Gasteiger partial charge is 0.224 e. The van der Waals surface area contributed by atoms with Gasteiger partial charge in [0, 0.05) is 38.4 Å². The molecule has 0 bridgehead atoms. The summed E-state index contributed by atoms with van der Waals surface area (Å²) in [6.45, 7) is 6.23. The van der Waals surface area contributed by atoms with E-state index in [-0.39, 0.29) is 5.91 Å². The zero-order chi connectivity index (χ0) is 19.6. The molecular formula is C23H31N3O2. The van der Waals surface area contributed by atoms with Gasteiger partial charge in [-0.2, -0.15) is 0 Å². The second-order valence-electron chi connectivity index (χ2n) is 7.25. The van der Waals surface area contributed by atoms with Gasteiger partial charge in [0.2, 0.25) is 5.91 Å². The van der Waals surface area contributed by atoms with E-state index in [1.807, 2.05) is 24.3 Å². The molecule has 1 saturated heterocycles. The van der Waals surface area contributed by atoms with Gasteiger partial charge >= 0.3 is 0 Å². The van der Waals surface area contributed by atoms with Crippen LogP contribution in [-0.2, 0) is 11.2 Å². The molecule has 1 aliphatic rings. The van der Waals surface area contributed by atoms with Gasteiger partial charge < -0.3 is 15.0 Å². The zero-order valence-corrected chi connectivity index (χ0v) is 16.8. The lowest BCUT2D eigenvalue weighted by Gasteiger charge is -2.36. The van der Waals surface area contributed by atoms with Crippen LogP contribution in [0, 0.1) is 0 Å². The average Bonchev–Trinajstić information content (AvgIpc) is 2.74. The van der Waals surface area contributed by atoms with Crippen LogP contribution in [0.3, 0.4) is 0 Å². The fraction of sp³-hybridized carbons (Fsp3) is 0.435. The molecule has 0 unspecified atom stereocenters. The van der Waals surface area contributed by atoms with Crippen molar-refractivity contribution in [3.63, 3.8) is 0 Å². The quantitative estimate of drug-likeness (QED) is 0.679. The molecule has 1 N–H and O–H groups in total. The second-order valence-corrected chi connectivity index (χ2v) is 7.25. The third-order valence-corrected chi connectivity index (χ3v) is 5.22. The minimum atomic E-state index is 0.0738. The first kappa shape index (κ1) is 20.2. The number of piperazine rings is 1. The molecular weight excluding hydrogens is 350 g/mol. The van der Waals surface area contributed by atoms with Gasteiger partial charge in [-0.1, -0.05) is 30.3 Å². The van der Waals surface area contributed by atoms with Crippen LogP contribution in [0.5, 0.6) is 5.75 Å². The number of methoxy groups -OCH3 is 1. The van der Waals surface area contributed by atoms with E-state index in [2.05, 4.69) is 45.4 Å². The van der Waals surface area contributed by atoms with Crippen molar-refractivity contribution >= 4 is 11.6 Å². The van der Waals surface area contributed by atoms with Crippen molar-refractivity contribution in [1.82, 2.24) is 10.2 Å². The van der Waals surface area contributed by atoms with Crippen LogP contribution in [0.15, 0.2) is 54.6 Å². The molecule has 5 nitrogen and oxygen atoms in total. The van der Waals surface area contributed by atoms with E-state index >= 15 is 0 Å². The number of para-hydroxylation sites is 1. The Kier molecular flexibility index (Phi) is 7.73. The highest BCUT2D eigenvalue weighted by Gasteiger charge is 2.16. The summed E-state index contributed by atoms with van der Waals surface area (Å²) in [5.74, 6) is 0.863. The molecule has 0 aliphatic carbocycles. The van der Waals surface area contributed by atoms with E-state index in [9.17, 15) is 4.79 Å². The summed E-state index contributed by atoms with van der Waals surface area (Å²) >= 11 is 0. The molecule has 28 heavy (non-hydrogen) atoms. The van der Waals surface area contributed by atoms with E-state index in [0.29, 0.717) is 6.42 Å². The maximum atomic E-state index is 12.1. The van der Waals surface area contributed by atoms with Gasteiger partial charge in [-0.3, -0.25) is 9.69 Å². The Morgan fingerprint density at radius 1 is 1.00 bits per heavy atom. The predicted molar refractivity (Wildman–Crippen MR) is 114 cm³/mol. The number of carbonyl (C=O) groups excluding carboxylic acids is 1. The number of unbranched alkanes of at least 4 members (excludes halogenated alkanes) is 1. The van der Waals surface area contributed by atoms with Crippen LogP contribution in [-0.4, -0.2) is 57.2 Å². The average molecular weight is 382 g/mol. The normalized spacial score (nSPS) is 14.7. The van der Waals surface area contributed by atoms with Gasteiger partial charge in [-0.25, -0.2) is 0 Å². The van der Waals surface area contributed by atoms with Crippen molar-refractivity contribution in [2.45, 2.75) is 19.3 Å². The van der Waals surface area contributed by atoms with Gasteiger partial charge in [0.25, 0.3) is 0 Å². The fourth-order valence-corrected chi connectivity index (χ4v) is 3.59. The maximum absolute atomic E-state index is 12.1. The Labute approximate surface area is 168 Å². The summed E-state index contributed by atoms with van der Waals surface area (Å²) in [7, 11) is 1.64. The highest BCUT2D eigenvalue weighted by Crippen LogP contribution is 2.16. The Morgan fingerprint density at radius 3 is 2.54 bits per heavy atom. The van der Waals surface area contributed by atoms with Crippen molar-refractivity contribution in [1.29, 1.82) is 0 Å². The number of hydrogen-bond acceptors (Lipinski definition) is 4. The predicted octanol–water partition coefficient (Wildman–Crippen LogP) is 2.96. The van der Waals surface area contributed by atoms with Crippen LogP contribution in [0.4, 0.5) is 5.69 Å². The Morgan fingerprint density at radius 2 is 1.79 bits per heavy atom. The molecule has 0 saturated carbocycles. The van der Waals surface area contributed by atoms with Crippen LogP contribution < -0.4 is 15.0 Å².